The number of nitrogens with one attached hydrogen (secondary N) is 1. The van der Waals surface area contributed by atoms with Crippen molar-refractivity contribution in [3.63, 3.8) is 0 Å². The molecule has 0 spiro atoms. The van der Waals surface area contributed by atoms with Crippen LogP contribution in [0.3, 0.4) is 0 Å². The van der Waals surface area contributed by atoms with Crippen LogP contribution in [0.15, 0.2) is 36.7 Å². The second-order valence-electron chi connectivity index (χ2n) is 4.57. The highest BCUT2D eigenvalue weighted by Crippen LogP contribution is 2.29. The summed E-state index contributed by atoms with van der Waals surface area (Å²) in [6.07, 6.45) is 7.27. The first kappa shape index (κ1) is 11.4. The maximum atomic E-state index is 4.35. The van der Waals surface area contributed by atoms with E-state index in [9.17, 15) is 0 Å². The fourth-order valence-corrected chi connectivity index (χ4v) is 2.47. The number of piperidine rings is 1. The largest absolute Gasteiger partial charge is 0.310 e. The summed E-state index contributed by atoms with van der Waals surface area (Å²) in [6, 6.07) is 11.6. The van der Waals surface area contributed by atoms with Crippen molar-refractivity contribution in [3.05, 3.63) is 48.3 Å². The van der Waals surface area contributed by atoms with Crippen LogP contribution < -0.4 is 5.32 Å². The molecule has 91 valence electrons. The van der Waals surface area contributed by atoms with Crippen LogP contribution in [-0.4, -0.2) is 16.5 Å². The second-order valence-corrected chi connectivity index (χ2v) is 4.57. The third kappa shape index (κ3) is 2.27. The van der Waals surface area contributed by atoms with Gasteiger partial charge in [0, 0.05) is 24.0 Å². The zero-order valence-corrected chi connectivity index (χ0v) is 10.3. The predicted molar refractivity (Wildman–Crippen MR) is 70.9 cm³/mol. The van der Waals surface area contributed by atoms with Gasteiger partial charge in [0.25, 0.3) is 0 Å². The van der Waals surface area contributed by atoms with Gasteiger partial charge in [-0.3, -0.25) is 0 Å². The number of hydrogen-bond donors (Lipinski definition) is 1. The molecule has 1 saturated heterocycles. The van der Waals surface area contributed by atoms with Crippen molar-refractivity contribution in [2.45, 2.75) is 25.3 Å². The summed E-state index contributed by atoms with van der Waals surface area (Å²) in [5.74, 6) is 0.789. The minimum atomic E-state index is 0.388. The van der Waals surface area contributed by atoms with Crippen molar-refractivity contribution in [2.24, 2.45) is 0 Å². The fourth-order valence-electron chi connectivity index (χ4n) is 2.47. The molecule has 1 aromatic carbocycles. The van der Waals surface area contributed by atoms with Gasteiger partial charge < -0.3 is 5.32 Å². The monoisotopic (exact) mass is 238 g/mol. The van der Waals surface area contributed by atoms with E-state index in [1.165, 1.54) is 24.8 Å². The highest BCUT2D eigenvalue weighted by atomic mass is 14.9. The SMILES string of the molecule is [c]1cccc(-c2ncccn2)c1C1CCCCN1. The van der Waals surface area contributed by atoms with E-state index in [2.05, 4.69) is 27.4 Å². The van der Waals surface area contributed by atoms with Crippen LogP contribution in [-0.2, 0) is 0 Å². The van der Waals surface area contributed by atoms with Crippen LogP contribution in [0.2, 0.25) is 0 Å². The molecule has 1 fully saturated rings. The summed E-state index contributed by atoms with van der Waals surface area (Å²) in [6.45, 7) is 1.09. The van der Waals surface area contributed by atoms with Crippen LogP contribution >= 0.6 is 0 Å². The molecule has 0 bridgehead atoms. The lowest BCUT2D eigenvalue weighted by molar-refractivity contribution is 0.412. The van der Waals surface area contributed by atoms with E-state index in [1.54, 1.807) is 12.4 Å². The minimum Gasteiger partial charge on any atom is -0.310 e. The molecule has 0 aliphatic carbocycles. The van der Waals surface area contributed by atoms with E-state index in [0.717, 1.165) is 17.9 Å². The second kappa shape index (κ2) is 5.27. The smallest absolute Gasteiger partial charge is 0.159 e. The molecule has 1 aliphatic rings. The van der Waals surface area contributed by atoms with Gasteiger partial charge >= 0.3 is 0 Å². The highest BCUT2D eigenvalue weighted by molar-refractivity contribution is 5.60. The molecule has 3 rings (SSSR count). The van der Waals surface area contributed by atoms with Crippen LogP contribution in [0.5, 0.6) is 0 Å². The number of rotatable bonds is 2. The average molecular weight is 238 g/mol. The molecule has 1 radical (unpaired) electrons. The Labute approximate surface area is 107 Å². The fraction of sp³-hybridized carbons (Fsp3) is 0.333. The molecule has 2 heterocycles. The Bertz CT molecular complexity index is 504. The quantitative estimate of drug-likeness (QED) is 0.874. The summed E-state index contributed by atoms with van der Waals surface area (Å²) in [5.41, 5.74) is 2.29. The van der Waals surface area contributed by atoms with Gasteiger partial charge in [0.15, 0.2) is 5.82 Å². The summed E-state index contributed by atoms with van der Waals surface area (Å²) >= 11 is 0. The van der Waals surface area contributed by atoms with Gasteiger partial charge in [0.1, 0.15) is 0 Å². The van der Waals surface area contributed by atoms with E-state index in [4.69, 9.17) is 0 Å². The molecule has 3 nitrogen and oxygen atoms in total. The van der Waals surface area contributed by atoms with Gasteiger partial charge in [-0.25, -0.2) is 9.97 Å². The van der Waals surface area contributed by atoms with Crippen molar-refractivity contribution in [3.8, 4) is 11.4 Å². The molecule has 3 heteroatoms. The Morgan fingerprint density at radius 1 is 1.17 bits per heavy atom. The zero-order valence-electron chi connectivity index (χ0n) is 10.3. The lowest BCUT2D eigenvalue weighted by Gasteiger charge is -2.25. The van der Waals surface area contributed by atoms with Gasteiger partial charge in [-0.05, 0) is 37.1 Å². The molecule has 0 amide bonds. The molecular weight excluding hydrogens is 222 g/mol. The zero-order chi connectivity index (χ0) is 12.2. The lowest BCUT2D eigenvalue weighted by atomic mass is 9.93. The Balaban J connectivity index is 1.99. The van der Waals surface area contributed by atoms with E-state index in [1.807, 2.05) is 18.2 Å². The molecule has 1 aromatic heterocycles. The third-order valence-electron chi connectivity index (χ3n) is 3.35. The van der Waals surface area contributed by atoms with Gasteiger partial charge in [-0.2, -0.15) is 0 Å². The number of benzene rings is 1. The predicted octanol–water partition coefficient (Wildman–Crippen LogP) is 2.76. The summed E-state index contributed by atoms with van der Waals surface area (Å²) < 4.78 is 0. The Hall–Kier alpha value is -1.74. The van der Waals surface area contributed by atoms with Crippen LogP contribution in [0.4, 0.5) is 0 Å². The van der Waals surface area contributed by atoms with Gasteiger partial charge in [-0.15, -0.1) is 0 Å². The third-order valence-corrected chi connectivity index (χ3v) is 3.35. The summed E-state index contributed by atoms with van der Waals surface area (Å²) in [7, 11) is 0. The van der Waals surface area contributed by atoms with Gasteiger partial charge in [0.05, 0.1) is 0 Å². The molecule has 2 aromatic rings. The van der Waals surface area contributed by atoms with Crippen molar-refractivity contribution in [2.75, 3.05) is 6.54 Å². The standard InChI is InChI=1S/C15H16N3/c1-2-7-13(15-17-10-5-11-18-15)12(6-1)14-8-3-4-9-16-14/h1-2,5,7,10-11,14,16H,3-4,8-9H2. The van der Waals surface area contributed by atoms with E-state index in [-0.39, 0.29) is 0 Å². The molecule has 0 saturated carbocycles. The van der Waals surface area contributed by atoms with E-state index < -0.39 is 0 Å². The first-order valence-corrected chi connectivity index (χ1v) is 6.46. The maximum absolute atomic E-state index is 4.35. The van der Waals surface area contributed by atoms with Crippen molar-refractivity contribution in [1.29, 1.82) is 0 Å². The molecule has 1 unspecified atom stereocenters. The first-order valence-electron chi connectivity index (χ1n) is 6.46. The molecule has 1 atom stereocenters. The van der Waals surface area contributed by atoms with Gasteiger partial charge in [0.2, 0.25) is 0 Å². The van der Waals surface area contributed by atoms with Crippen molar-refractivity contribution < 1.29 is 0 Å². The normalized spacial score (nSPS) is 19.7. The number of aromatic nitrogens is 2. The molecule has 1 aliphatic heterocycles. The van der Waals surface area contributed by atoms with E-state index >= 15 is 0 Å². The summed E-state index contributed by atoms with van der Waals surface area (Å²) in [4.78, 5) is 8.69. The highest BCUT2D eigenvalue weighted by Gasteiger charge is 2.19. The van der Waals surface area contributed by atoms with Gasteiger partial charge in [-0.1, -0.05) is 24.6 Å². The van der Waals surface area contributed by atoms with Crippen LogP contribution in [0, 0.1) is 6.07 Å². The topological polar surface area (TPSA) is 37.8 Å². The Morgan fingerprint density at radius 3 is 2.83 bits per heavy atom. The molecule has 1 N–H and O–H groups in total. The number of nitrogens with zero attached hydrogens (tertiary/aromatic N) is 2. The lowest BCUT2D eigenvalue weighted by Crippen LogP contribution is -2.27. The summed E-state index contributed by atoms with van der Waals surface area (Å²) in [5, 5.41) is 3.56. The Kier molecular flexibility index (Phi) is 3.33. The average Bonchev–Trinajstić information content (AvgIpc) is 2.49. The van der Waals surface area contributed by atoms with E-state index in [0.29, 0.717) is 6.04 Å². The first-order chi connectivity index (χ1) is 8.95. The molecular formula is C15H16N3. The van der Waals surface area contributed by atoms with Crippen molar-refractivity contribution >= 4 is 0 Å². The maximum Gasteiger partial charge on any atom is 0.159 e. The van der Waals surface area contributed by atoms with Crippen molar-refractivity contribution in [1.82, 2.24) is 15.3 Å². The van der Waals surface area contributed by atoms with Crippen LogP contribution in [0.1, 0.15) is 30.9 Å². The number of hydrogen-bond acceptors (Lipinski definition) is 3. The minimum absolute atomic E-state index is 0.388. The Morgan fingerprint density at radius 2 is 2.06 bits per heavy atom. The van der Waals surface area contributed by atoms with Crippen LogP contribution in [0.25, 0.3) is 11.4 Å². The molecule has 18 heavy (non-hydrogen) atoms.